The monoisotopic (exact) mass is 548 g/mol. The van der Waals surface area contributed by atoms with Gasteiger partial charge in [-0.05, 0) is 62.4 Å². The van der Waals surface area contributed by atoms with Crippen molar-refractivity contribution in [3.05, 3.63) is 52.1 Å². The number of ether oxygens (including phenoxy) is 1. The molecular formula is C29H43BF2N2O5. The number of aryl methyl sites for hydroxylation is 1. The summed E-state index contributed by atoms with van der Waals surface area (Å²) in [5.74, 6) is -0.857. The molecule has 0 aromatic heterocycles. The Balaban J connectivity index is 2.49. The van der Waals surface area contributed by atoms with Crippen LogP contribution in [0, 0.1) is 18.3 Å². The number of alkyl halides is 2. The molecule has 0 saturated heterocycles. The molecule has 2 rings (SSSR count). The number of hydrogen-bond acceptors (Lipinski definition) is 5. The number of amides is 2. The Kier molecular flexibility index (Phi) is 11.7. The second-order valence-corrected chi connectivity index (χ2v) is 11.6. The number of rotatable bonds is 11. The minimum absolute atomic E-state index is 0.0699. The number of allylic oxidation sites excluding steroid dienone is 2. The fraction of sp³-hybridized carbons (Fsp3) is 0.586. The van der Waals surface area contributed by atoms with Crippen molar-refractivity contribution in [1.29, 1.82) is 0 Å². The van der Waals surface area contributed by atoms with Crippen molar-refractivity contribution in [2.24, 2.45) is 11.3 Å². The van der Waals surface area contributed by atoms with Crippen LogP contribution in [0.5, 0.6) is 5.75 Å². The summed E-state index contributed by atoms with van der Waals surface area (Å²) >= 11 is 0. The van der Waals surface area contributed by atoms with Crippen LogP contribution in [0.3, 0.4) is 0 Å². The lowest BCUT2D eigenvalue weighted by molar-refractivity contribution is -0.135. The Bertz CT molecular complexity index is 1080. The summed E-state index contributed by atoms with van der Waals surface area (Å²) in [6, 6.07) is 2.72. The quantitative estimate of drug-likeness (QED) is 0.247. The van der Waals surface area contributed by atoms with Gasteiger partial charge in [0.05, 0.1) is 6.04 Å². The van der Waals surface area contributed by atoms with E-state index in [4.69, 9.17) is 14.8 Å². The molecule has 39 heavy (non-hydrogen) atoms. The van der Waals surface area contributed by atoms with Crippen molar-refractivity contribution >= 4 is 18.9 Å². The fourth-order valence-electron chi connectivity index (χ4n) is 5.10. The summed E-state index contributed by atoms with van der Waals surface area (Å²) in [6.45, 7) is 10.5. The predicted octanol–water partition coefficient (Wildman–Crippen LogP) is 5.60. The standard InChI is InChI=1S/C29H43BF2N2O5/c1-8-10-24(29(5,6)7)34(27(36)22-16-18(2)15-19(3)17-22)33-26(35)23-13-12-21(11-9-14-30(37)38)25(20(23)4)39-28(31)32/h12-13,16-18,24,28,37-38H,8-11,14-15H2,1-7H3,(H,33,35)/t18?,24-/m1/s1. The molecule has 1 aliphatic rings. The number of hydrazine groups is 1. The summed E-state index contributed by atoms with van der Waals surface area (Å²) in [6.07, 6.45) is 6.72. The first-order valence-electron chi connectivity index (χ1n) is 13.6. The van der Waals surface area contributed by atoms with Crippen LogP contribution in [0.15, 0.2) is 35.4 Å². The molecule has 1 unspecified atom stereocenters. The zero-order chi connectivity index (χ0) is 29.5. The Morgan fingerprint density at radius 1 is 1.23 bits per heavy atom. The first kappa shape index (κ1) is 32.5. The molecule has 3 N–H and O–H groups in total. The maximum Gasteiger partial charge on any atom is 0.451 e. The fourth-order valence-corrected chi connectivity index (χ4v) is 5.10. The average Bonchev–Trinajstić information content (AvgIpc) is 2.81. The third kappa shape index (κ3) is 9.17. The molecular weight excluding hydrogens is 505 g/mol. The summed E-state index contributed by atoms with van der Waals surface area (Å²) < 4.78 is 31.4. The van der Waals surface area contributed by atoms with E-state index in [1.54, 1.807) is 0 Å². The van der Waals surface area contributed by atoms with Crippen molar-refractivity contribution in [2.45, 2.75) is 99.5 Å². The van der Waals surface area contributed by atoms with Crippen molar-refractivity contribution in [1.82, 2.24) is 10.4 Å². The molecule has 0 spiro atoms. The third-order valence-electron chi connectivity index (χ3n) is 6.92. The largest absolute Gasteiger partial charge is 0.451 e. The van der Waals surface area contributed by atoms with E-state index >= 15 is 0 Å². The SMILES string of the molecule is CCC[C@@H](N(NC(=O)c1ccc(CCCB(O)O)c(OC(F)F)c1C)C(=O)C1=CC(C)CC(C)=C1)C(C)(C)C. The highest BCUT2D eigenvalue weighted by atomic mass is 19.3. The third-order valence-corrected chi connectivity index (χ3v) is 6.92. The molecule has 216 valence electrons. The topological polar surface area (TPSA) is 99.1 Å². The second kappa shape index (κ2) is 14.1. The van der Waals surface area contributed by atoms with E-state index in [0.29, 0.717) is 24.0 Å². The van der Waals surface area contributed by atoms with Crippen molar-refractivity contribution < 1.29 is 33.2 Å². The average molecular weight is 548 g/mol. The van der Waals surface area contributed by atoms with Gasteiger partial charge in [-0.25, -0.2) is 5.01 Å². The van der Waals surface area contributed by atoms with E-state index < -0.39 is 19.6 Å². The van der Waals surface area contributed by atoms with Gasteiger partial charge in [0.15, 0.2) is 0 Å². The predicted molar refractivity (Wildman–Crippen MR) is 149 cm³/mol. The van der Waals surface area contributed by atoms with Crippen LogP contribution < -0.4 is 10.2 Å². The maximum absolute atomic E-state index is 13.9. The summed E-state index contributed by atoms with van der Waals surface area (Å²) in [4.78, 5) is 27.5. The lowest BCUT2D eigenvalue weighted by Crippen LogP contribution is -2.56. The van der Waals surface area contributed by atoms with Crippen molar-refractivity contribution in [3.8, 4) is 5.75 Å². The molecule has 0 radical (unpaired) electrons. The van der Waals surface area contributed by atoms with Gasteiger partial charge in [-0.1, -0.05) is 71.3 Å². The number of halogens is 2. The number of nitrogens with one attached hydrogen (secondary N) is 1. The summed E-state index contributed by atoms with van der Waals surface area (Å²) in [5, 5.41) is 19.6. The van der Waals surface area contributed by atoms with Crippen LogP contribution in [0.25, 0.3) is 0 Å². The van der Waals surface area contributed by atoms with Gasteiger partial charge in [0, 0.05) is 16.7 Å². The first-order chi connectivity index (χ1) is 18.1. The zero-order valence-electron chi connectivity index (χ0n) is 24.2. The molecule has 0 heterocycles. The van der Waals surface area contributed by atoms with Crippen molar-refractivity contribution in [2.75, 3.05) is 0 Å². The van der Waals surface area contributed by atoms with Crippen LogP contribution in [-0.2, 0) is 11.2 Å². The van der Waals surface area contributed by atoms with Crippen molar-refractivity contribution in [3.63, 3.8) is 0 Å². The van der Waals surface area contributed by atoms with Crippen LogP contribution in [0.1, 0.15) is 88.7 Å². The van der Waals surface area contributed by atoms with E-state index in [9.17, 15) is 18.4 Å². The molecule has 2 atom stereocenters. The minimum Gasteiger partial charge on any atom is -0.434 e. The van der Waals surface area contributed by atoms with Crippen LogP contribution in [0.2, 0.25) is 6.32 Å². The van der Waals surface area contributed by atoms with Gasteiger partial charge >= 0.3 is 13.7 Å². The molecule has 0 fully saturated rings. The number of benzene rings is 1. The van der Waals surface area contributed by atoms with E-state index in [0.717, 1.165) is 18.4 Å². The lowest BCUT2D eigenvalue weighted by Gasteiger charge is -2.40. The van der Waals surface area contributed by atoms with Gasteiger partial charge in [-0.3, -0.25) is 15.0 Å². The molecule has 1 aromatic rings. The molecule has 1 aromatic carbocycles. The highest BCUT2D eigenvalue weighted by molar-refractivity contribution is 6.40. The molecule has 1 aliphatic carbocycles. The van der Waals surface area contributed by atoms with Gasteiger partial charge in [-0.2, -0.15) is 8.78 Å². The van der Waals surface area contributed by atoms with Gasteiger partial charge in [0.2, 0.25) is 0 Å². The van der Waals surface area contributed by atoms with Crippen LogP contribution in [-0.4, -0.2) is 46.6 Å². The Morgan fingerprint density at radius 2 is 1.90 bits per heavy atom. The van der Waals surface area contributed by atoms with Gasteiger partial charge in [0.1, 0.15) is 5.75 Å². The van der Waals surface area contributed by atoms with E-state index in [1.807, 2.05) is 53.7 Å². The number of carbonyl (C=O) groups excluding carboxylic acids is 2. The van der Waals surface area contributed by atoms with E-state index in [-0.39, 0.29) is 52.9 Å². The Hall–Kier alpha value is -2.72. The van der Waals surface area contributed by atoms with E-state index in [2.05, 4.69) is 5.43 Å². The van der Waals surface area contributed by atoms with E-state index in [1.165, 1.54) is 24.1 Å². The molecule has 0 saturated carbocycles. The molecule has 0 bridgehead atoms. The summed E-state index contributed by atoms with van der Waals surface area (Å²) in [5.41, 5.74) is 4.80. The van der Waals surface area contributed by atoms with Gasteiger partial charge in [-0.15, -0.1) is 0 Å². The maximum atomic E-state index is 13.9. The summed E-state index contributed by atoms with van der Waals surface area (Å²) in [7, 11) is -1.50. The lowest BCUT2D eigenvalue weighted by atomic mass is 9.82. The highest BCUT2D eigenvalue weighted by Crippen LogP contribution is 2.32. The Morgan fingerprint density at radius 3 is 2.44 bits per heavy atom. The zero-order valence-corrected chi connectivity index (χ0v) is 24.2. The number of nitrogens with zero attached hydrogens (tertiary/aromatic N) is 1. The molecule has 7 nitrogen and oxygen atoms in total. The normalized spacial score (nSPS) is 16.4. The molecule has 2 amide bonds. The number of carbonyl (C=O) groups is 2. The Labute approximate surface area is 231 Å². The molecule has 10 heteroatoms. The van der Waals surface area contributed by atoms with Gasteiger partial charge < -0.3 is 14.8 Å². The second-order valence-electron chi connectivity index (χ2n) is 11.6. The molecule has 0 aliphatic heterocycles. The van der Waals surface area contributed by atoms with Crippen LogP contribution in [0.4, 0.5) is 8.78 Å². The highest BCUT2D eigenvalue weighted by Gasteiger charge is 2.36. The van der Waals surface area contributed by atoms with Crippen LogP contribution >= 0.6 is 0 Å². The smallest absolute Gasteiger partial charge is 0.434 e. The van der Waals surface area contributed by atoms with Gasteiger partial charge in [0.25, 0.3) is 11.8 Å². The first-order valence-corrected chi connectivity index (χ1v) is 13.6. The number of hydrogen-bond donors (Lipinski definition) is 3. The minimum atomic E-state index is -3.10.